The molecule has 0 aliphatic carbocycles. The number of hydrogen-bond donors (Lipinski definition) is 2. The van der Waals surface area contributed by atoms with E-state index >= 15 is 0 Å². The van der Waals surface area contributed by atoms with Gasteiger partial charge in [-0.25, -0.2) is 4.79 Å². The van der Waals surface area contributed by atoms with E-state index in [1.165, 1.54) is 0 Å². The number of carbonyl (C=O) groups excluding carboxylic acids is 1. The second-order valence-electron chi connectivity index (χ2n) is 2.82. The van der Waals surface area contributed by atoms with Crippen LogP contribution in [-0.4, -0.2) is 35.4 Å². The molecule has 16 heavy (non-hydrogen) atoms. The number of rotatable bonds is 4. The molecule has 0 bridgehead atoms. The highest BCUT2D eigenvalue weighted by Crippen LogP contribution is 2.11. The molecule has 2 amide bonds. The third-order valence-electron chi connectivity index (χ3n) is 1.49. The van der Waals surface area contributed by atoms with E-state index in [4.69, 9.17) is 0 Å². The lowest BCUT2D eigenvalue weighted by atomic mass is 10.4. The van der Waals surface area contributed by atoms with E-state index in [2.05, 4.69) is 20.0 Å². The maximum atomic E-state index is 11.7. The molecule has 0 saturated heterocycles. The van der Waals surface area contributed by atoms with Crippen LogP contribution < -0.4 is 10.6 Å². The maximum absolute atomic E-state index is 11.7. The predicted molar refractivity (Wildman–Crippen MR) is 45.5 cm³/mol. The van der Waals surface area contributed by atoms with Gasteiger partial charge in [-0.15, -0.1) is 0 Å². The summed E-state index contributed by atoms with van der Waals surface area (Å²) in [6.45, 7) is -1.23. The first-order chi connectivity index (χ1) is 7.47. The van der Waals surface area contributed by atoms with Crippen molar-refractivity contribution >= 4 is 6.03 Å². The molecule has 0 spiro atoms. The van der Waals surface area contributed by atoms with Crippen LogP contribution in [0.15, 0.2) is 10.9 Å². The van der Waals surface area contributed by atoms with Gasteiger partial charge in [-0.3, -0.25) is 0 Å². The number of alkyl halides is 3. The number of aromatic nitrogens is 2. The molecule has 9 heteroatoms. The monoisotopic (exact) mass is 238 g/mol. The van der Waals surface area contributed by atoms with E-state index in [1.807, 2.05) is 0 Å². The van der Waals surface area contributed by atoms with Gasteiger partial charge in [0.1, 0.15) is 6.54 Å². The number of urea groups is 1. The van der Waals surface area contributed by atoms with Gasteiger partial charge >= 0.3 is 12.2 Å². The van der Waals surface area contributed by atoms with Gasteiger partial charge in [0.15, 0.2) is 5.82 Å². The van der Waals surface area contributed by atoms with Crippen LogP contribution >= 0.6 is 0 Å². The molecule has 90 valence electrons. The van der Waals surface area contributed by atoms with Crippen molar-refractivity contribution < 1.29 is 22.5 Å². The molecule has 0 atom stereocenters. The summed E-state index contributed by atoms with van der Waals surface area (Å²) in [7, 11) is 0. The minimum Gasteiger partial charge on any atom is -0.343 e. The van der Waals surface area contributed by atoms with Crippen LogP contribution in [0, 0.1) is 0 Å². The molecule has 1 rings (SSSR count). The Hall–Kier alpha value is -1.80. The van der Waals surface area contributed by atoms with E-state index in [1.54, 1.807) is 5.32 Å². The van der Waals surface area contributed by atoms with Crippen molar-refractivity contribution in [3.63, 3.8) is 0 Å². The lowest BCUT2D eigenvalue weighted by Gasteiger charge is -2.08. The summed E-state index contributed by atoms with van der Waals surface area (Å²) < 4.78 is 39.5. The first-order valence-electron chi connectivity index (χ1n) is 4.31. The summed E-state index contributed by atoms with van der Waals surface area (Å²) in [5.74, 6) is 0.371. The fraction of sp³-hybridized carbons (Fsp3) is 0.571. The Kier molecular flexibility index (Phi) is 4.09. The molecular formula is C7H9F3N4O2. The van der Waals surface area contributed by atoms with Crippen molar-refractivity contribution in [1.29, 1.82) is 0 Å². The van der Waals surface area contributed by atoms with Gasteiger partial charge in [0.25, 0.3) is 0 Å². The Morgan fingerprint density at radius 2 is 2.19 bits per heavy atom. The van der Waals surface area contributed by atoms with Crippen LogP contribution in [0.3, 0.4) is 0 Å². The smallest absolute Gasteiger partial charge is 0.343 e. The number of halogens is 3. The molecule has 1 heterocycles. The molecule has 6 nitrogen and oxygen atoms in total. The zero-order valence-electron chi connectivity index (χ0n) is 8.04. The normalized spacial score (nSPS) is 11.2. The molecule has 0 fully saturated rings. The topological polar surface area (TPSA) is 80.1 Å². The van der Waals surface area contributed by atoms with Crippen molar-refractivity contribution in [3.8, 4) is 0 Å². The molecule has 1 aromatic rings. The average Bonchev–Trinajstić information content (AvgIpc) is 2.66. The molecule has 0 saturated carbocycles. The van der Waals surface area contributed by atoms with Gasteiger partial charge in [-0.05, 0) is 0 Å². The number of carbonyl (C=O) groups is 1. The maximum Gasteiger partial charge on any atom is 0.405 e. The van der Waals surface area contributed by atoms with Crippen LogP contribution in [-0.2, 0) is 6.42 Å². The third kappa shape index (κ3) is 5.17. The van der Waals surface area contributed by atoms with Crippen LogP contribution in [0.25, 0.3) is 0 Å². The molecular weight excluding hydrogens is 229 g/mol. The lowest BCUT2D eigenvalue weighted by molar-refractivity contribution is -0.122. The highest BCUT2D eigenvalue weighted by molar-refractivity contribution is 5.73. The SMILES string of the molecule is O=C(NCCc1ncon1)NCC(F)(F)F. The number of nitrogens with zero attached hydrogens (tertiary/aromatic N) is 2. The Bertz CT molecular complexity index is 325. The summed E-state index contributed by atoms with van der Waals surface area (Å²) in [5.41, 5.74) is 0. The highest BCUT2D eigenvalue weighted by Gasteiger charge is 2.27. The Morgan fingerprint density at radius 3 is 2.75 bits per heavy atom. The average molecular weight is 238 g/mol. The van der Waals surface area contributed by atoms with Crippen molar-refractivity contribution in [2.24, 2.45) is 0 Å². The molecule has 0 unspecified atom stereocenters. The van der Waals surface area contributed by atoms with Crippen LogP contribution in [0.1, 0.15) is 5.82 Å². The van der Waals surface area contributed by atoms with Gasteiger partial charge in [-0.2, -0.15) is 18.2 Å². The molecule has 0 aromatic carbocycles. The Morgan fingerprint density at radius 1 is 1.44 bits per heavy atom. The first kappa shape index (κ1) is 12.3. The lowest BCUT2D eigenvalue weighted by Crippen LogP contribution is -2.41. The van der Waals surface area contributed by atoms with E-state index in [0.717, 1.165) is 6.39 Å². The summed E-state index contributed by atoms with van der Waals surface area (Å²) in [5, 5.41) is 7.35. The summed E-state index contributed by atoms with van der Waals surface area (Å²) in [6.07, 6.45) is -3.00. The van der Waals surface area contributed by atoms with Gasteiger partial charge < -0.3 is 15.2 Å². The molecule has 2 N–H and O–H groups in total. The number of amides is 2. The van der Waals surface area contributed by atoms with Crippen LogP contribution in [0.2, 0.25) is 0 Å². The Labute approximate surface area is 88.2 Å². The van der Waals surface area contributed by atoms with E-state index in [-0.39, 0.29) is 13.0 Å². The van der Waals surface area contributed by atoms with E-state index in [9.17, 15) is 18.0 Å². The van der Waals surface area contributed by atoms with Crippen molar-refractivity contribution in [2.75, 3.05) is 13.1 Å². The molecule has 1 aromatic heterocycles. The summed E-state index contributed by atoms with van der Waals surface area (Å²) in [4.78, 5) is 14.5. The zero-order valence-corrected chi connectivity index (χ0v) is 8.04. The number of hydrogen-bond acceptors (Lipinski definition) is 4. The summed E-state index contributed by atoms with van der Waals surface area (Å²) in [6, 6.07) is -0.888. The highest BCUT2D eigenvalue weighted by atomic mass is 19.4. The Balaban J connectivity index is 2.11. The molecule has 0 aliphatic rings. The van der Waals surface area contributed by atoms with Crippen LogP contribution in [0.5, 0.6) is 0 Å². The van der Waals surface area contributed by atoms with Crippen molar-refractivity contribution in [3.05, 3.63) is 12.2 Å². The van der Waals surface area contributed by atoms with Gasteiger partial charge in [0, 0.05) is 13.0 Å². The minimum absolute atomic E-state index is 0.128. The summed E-state index contributed by atoms with van der Waals surface area (Å²) >= 11 is 0. The van der Waals surface area contributed by atoms with Crippen molar-refractivity contribution in [2.45, 2.75) is 12.6 Å². The quantitative estimate of drug-likeness (QED) is 0.799. The second kappa shape index (κ2) is 5.33. The fourth-order valence-electron chi connectivity index (χ4n) is 0.833. The molecule has 0 radical (unpaired) electrons. The first-order valence-corrected chi connectivity index (χ1v) is 4.31. The van der Waals surface area contributed by atoms with Gasteiger partial charge in [0.05, 0.1) is 0 Å². The number of nitrogens with one attached hydrogen (secondary N) is 2. The minimum atomic E-state index is -4.41. The second-order valence-corrected chi connectivity index (χ2v) is 2.82. The van der Waals surface area contributed by atoms with Crippen LogP contribution in [0.4, 0.5) is 18.0 Å². The van der Waals surface area contributed by atoms with E-state index < -0.39 is 18.8 Å². The standard InChI is InChI=1S/C7H9F3N4O2/c8-7(9,10)3-12-6(15)11-2-1-5-13-4-16-14-5/h4H,1-3H2,(H2,11,12,15). The van der Waals surface area contributed by atoms with E-state index in [0.29, 0.717) is 5.82 Å². The third-order valence-corrected chi connectivity index (χ3v) is 1.49. The van der Waals surface area contributed by atoms with Gasteiger partial charge in [-0.1, -0.05) is 5.16 Å². The molecule has 0 aliphatic heterocycles. The van der Waals surface area contributed by atoms with Crippen molar-refractivity contribution in [1.82, 2.24) is 20.8 Å². The fourth-order valence-corrected chi connectivity index (χ4v) is 0.833. The predicted octanol–water partition coefficient (Wildman–Crippen LogP) is 0.474. The largest absolute Gasteiger partial charge is 0.405 e. The zero-order chi connectivity index (χ0) is 12.0. The van der Waals surface area contributed by atoms with Gasteiger partial charge in [0.2, 0.25) is 6.39 Å².